The van der Waals surface area contributed by atoms with E-state index >= 15 is 0 Å². The zero-order chi connectivity index (χ0) is 12.8. The van der Waals surface area contributed by atoms with E-state index in [1.165, 1.54) is 0 Å². The molecule has 0 amide bonds. The number of nitrogens with two attached hydrogens (primary N) is 1. The van der Waals surface area contributed by atoms with E-state index in [1.807, 2.05) is 12.1 Å². The largest absolute Gasteiger partial charge is 0.378 e. The Morgan fingerprint density at radius 2 is 2.28 bits per heavy atom. The lowest BCUT2D eigenvalue weighted by atomic mass is 10.2. The molecule has 2 aromatic heterocycles. The average Bonchev–Trinajstić information content (AvgIpc) is 2.40. The Morgan fingerprint density at radius 1 is 1.39 bits per heavy atom. The minimum absolute atomic E-state index is 0.428. The molecular weight excluding hydrogens is 230 g/mol. The van der Waals surface area contributed by atoms with Gasteiger partial charge in [-0.1, -0.05) is 6.07 Å². The van der Waals surface area contributed by atoms with Crippen LogP contribution in [-0.4, -0.2) is 22.1 Å². The standard InChI is InChI=1S/C12H15N5O/c1-18-8-10-6-12(17-13)16-11(15-10)5-9-3-2-4-14-7-9/h2-4,6-7H,5,8,13H2,1H3,(H,15,16,17). The van der Waals surface area contributed by atoms with Crippen LogP contribution < -0.4 is 11.3 Å². The van der Waals surface area contributed by atoms with Gasteiger partial charge in [-0.25, -0.2) is 15.8 Å². The lowest BCUT2D eigenvalue weighted by Crippen LogP contribution is -2.12. The van der Waals surface area contributed by atoms with Crippen molar-refractivity contribution >= 4 is 5.82 Å². The predicted molar refractivity (Wildman–Crippen MR) is 67.6 cm³/mol. The van der Waals surface area contributed by atoms with Crippen molar-refractivity contribution in [3.63, 3.8) is 0 Å². The summed E-state index contributed by atoms with van der Waals surface area (Å²) in [6, 6.07) is 5.63. The maximum Gasteiger partial charge on any atom is 0.144 e. The van der Waals surface area contributed by atoms with Crippen LogP contribution in [0.2, 0.25) is 0 Å². The molecule has 2 heterocycles. The van der Waals surface area contributed by atoms with Crippen molar-refractivity contribution in [1.82, 2.24) is 15.0 Å². The summed E-state index contributed by atoms with van der Waals surface area (Å²) in [4.78, 5) is 12.8. The molecule has 0 saturated heterocycles. The van der Waals surface area contributed by atoms with Crippen LogP contribution in [-0.2, 0) is 17.8 Å². The second kappa shape index (κ2) is 6.04. The quantitative estimate of drug-likeness (QED) is 0.601. The molecule has 0 spiro atoms. The Hall–Kier alpha value is -2.05. The number of pyridine rings is 1. The number of hydrazine groups is 1. The fourth-order valence-electron chi connectivity index (χ4n) is 1.61. The monoisotopic (exact) mass is 245 g/mol. The molecule has 18 heavy (non-hydrogen) atoms. The highest BCUT2D eigenvalue weighted by molar-refractivity contribution is 5.35. The zero-order valence-corrected chi connectivity index (χ0v) is 10.1. The highest BCUT2D eigenvalue weighted by Gasteiger charge is 2.05. The Bertz CT molecular complexity index is 503. The first-order chi connectivity index (χ1) is 8.81. The highest BCUT2D eigenvalue weighted by atomic mass is 16.5. The number of nitrogen functional groups attached to an aromatic ring is 1. The van der Waals surface area contributed by atoms with E-state index < -0.39 is 0 Å². The molecule has 94 valence electrons. The normalized spacial score (nSPS) is 10.3. The number of hydrogen-bond donors (Lipinski definition) is 2. The van der Waals surface area contributed by atoms with Crippen LogP contribution in [0.15, 0.2) is 30.6 Å². The first-order valence-corrected chi connectivity index (χ1v) is 5.53. The number of nitrogens with zero attached hydrogens (tertiary/aromatic N) is 3. The van der Waals surface area contributed by atoms with Crippen molar-refractivity contribution in [2.75, 3.05) is 12.5 Å². The summed E-state index contributed by atoms with van der Waals surface area (Å²) >= 11 is 0. The first-order valence-electron chi connectivity index (χ1n) is 5.53. The summed E-state index contributed by atoms with van der Waals surface area (Å²) in [7, 11) is 1.62. The Kier molecular flexibility index (Phi) is 4.16. The van der Waals surface area contributed by atoms with Crippen molar-refractivity contribution in [2.24, 2.45) is 5.84 Å². The number of anilines is 1. The van der Waals surface area contributed by atoms with Gasteiger partial charge in [-0.2, -0.15) is 0 Å². The predicted octanol–water partition coefficient (Wildman–Crippen LogP) is 0.894. The second-order valence-corrected chi connectivity index (χ2v) is 3.78. The van der Waals surface area contributed by atoms with Gasteiger partial charge in [-0.15, -0.1) is 0 Å². The first kappa shape index (κ1) is 12.4. The summed E-state index contributed by atoms with van der Waals surface area (Å²) in [6.07, 6.45) is 4.14. The fourth-order valence-corrected chi connectivity index (χ4v) is 1.61. The molecule has 6 heteroatoms. The highest BCUT2D eigenvalue weighted by Crippen LogP contribution is 2.10. The number of methoxy groups -OCH3 is 1. The Morgan fingerprint density at radius 3 is 2.94 bits per heavy atom. The lowest BCUT2D eigenvalue weighted by Gasteiger charge is -2.07. The third kappa shape index (κ3) is 3.22. The van der Waals surface area contributed by atoms with Crippen LogP contribution in [0.4, 0.5) is 5.82 Å². The second-order valence-electron chi connectivity index (χ2n) is 3.78. The van der Waals surface area contributed by atoms with E-state index in [9.17, 15) is 0 Å². The molecule has 0 unspecified atom stereocenters. The minimum atomic E-state index is 0.428. The van der Waals surface area contributed by atoms with Gasteiger partial charge in [0, 0.05) is 32.0 Å². The van der Waals surface area contributed by atoms with Gasteiger partial charge in [0.05, 0.1) is 12.3 Å². The van der Waals surface area contributed by atoms with E-state index in [0.717, 1.165) is 11.3 Å². The lowest BCUT2D eigenvalue weighted by molar-refractivity contribution is 0.181. The summed E-state index contributed by atoms with van der Waals surface area (Å²) < 4.78 is 5.06. The third-order valence-electron chi connectivity index (χ3n) is 2.35. The van der Waals surface area contributed by atoms with Crippen LogP contribution in [0.1, 0.15) is 17.1 Å². The van der Waals surface area contributed by atoms with Crippen molar-refractivity contribution in [3.8, 4) is 0 Å². The molecule has 0 saturated carbocycles. The van der Waals surface area contributed by atoms with E-state index in [-0.39, 0.29) is 0 Å². The summed E-state index contributed by atoms with van der Waals surface area (Å²) in [5.41, 5.74) is 4.37. The average molecular weight is 245 g/mol. The molecular formula is C12H15N5O. The van der Waals surface area contributed by atoms with Gasteiger partial charge >= 0.3 is 0 Å². The van der Waals surface area contributed by atoms with E-state index in [4.69, 9.17) is 10.6 Å². The summed E-state index contributed by atoms with van der Waals surface area (Å²) in [6.45, 7) is 0.428. The number of hydrogen-bond acceptors (Lipinski definition) is 6. The van der Waals surface area contributed by atoms with Crippen LogP contribution in [0, 0.1) is 0 Å². The van der Waals surface area contributed by atoms with Crippen LogP contribution in [0.3, 0.4) is 0 Å². The van der Waals surface area contributed by atoms with Gasteiger partial charge in [0.15, 0.2) is 0 Å². The number of aromatic nitrogens is 3. The van der Waals surface area contributed by atoms with Crippen LogP contribution in [0.5, 0.6) is 0 Å². The van der Waals surface area contributed by atoms with E-state index in [0.29, 0.717) is 24.7 Å². The van der Waals surface area contributed by atoms with E-state index in [2.05, 4.69) is 20.4 Å². The van der Waals surface area contributed by atoms with Crippen LogP contribution >= 0.6 is 0 Å². The maximum atomic E-state index is 5.38. The van der Waals surface area contributed by atoms with E-state index in [1.54, 1.807) is 25.6 Å². The van der Waals surface area contributed by atoms with Crippen molar-refractivity contribution in [1.29, 1.82) is 0 Å². The molecule has 0 aromatic carbocycles. The smallest absolute Gasteiger partial charge is 0.144 e. The van der Waals surface area contributed by atoms with Crippen molar-refractivity contribution < 1.29 is 4.74 Å². The number of nitrogens with one attached hydrogen (secondary N) is 1. The minimum Gasteiger partial charge on any atom is -0.378 e. The molecule has 0 aliphatic heterocycles. The number of rotatable bonds is 5. The topological polar surface area (TPSA) is 86.0 Å². The van der Waals surface area contributed by atoms with Gasteiger partial charge < -0.3 is 10.2 Å². The maximum absolute atomic E-state index is 5.38. The van der Waals surface area contributed by atoms with Gasteiger partial charge in [0.1, 0.15) is 11.6 Å². The molecule has 0 aliphatic carbocycles. The van der Waals surface area contributed by atoms with Crippen molar-refractivity contribution in [3.05, 3.63) is 47.7 Å². The van der Waals surface area contributed by atoms with Gasteiger partial charge in [-0.3, -0.25) is 4.98 Å². The number of ether oxygens (including phenoxy) is 1. The molecule has 0 fully saturated rings. The molecule has 0 bridgehead atoms. The molecule has 2 rings (SSSR count). The molecule has 6 nitrogen and oxygen atoms in total. The van der Waals surface area contributed by atoms with Gasteiger partial charge in [0.2, 0.25) is 0 Å². The Labute approximate surface area is 105 Å². The third-order valence-corrected chi connectivity index (χ3v) is 2.35. The summed E-state index contributed by atoms with van der Waals surface area (Å²) in [5.74, 6) is 6.65. The fraction of sp³-hybridized carbons (Fsp3) is 0.250. The van der Waals surface area contributed by atoms with Gasteiger partial charge in [0.25, 0.3) is 0 Å². The summed E-state index contributed by atoms with van der Waals surface area (Å²) in [5, 5.41) is 0. The van der Waals surface area contributed by atoms with Gasteiger partial charge in [-0.05, 0) is 11.6 Å². The molecule has 0 atom stereocenters. The SMILES string of the molecule is COCc1cc(NN)nc(Cc2cccnc2)n1. The molecule has 3 N–H and O–H groups in total. The molecule has 0 aliphatic rings. The van der Waals surface area contributed by atoms with Crippen molar-refractivity contribution in [2.45, 2.75) is 13.0 Å². The van der Waals surface area contributed by atoms with Crippen LogP contribution in [0.25, 0.3) is 0 Å². The molecule has 2 aromatic rings. The zero-order valence-electron chi connectivity index (χ0n) is 10.1. The molecule has 0 radical (unpaired) electrons. The Balaban J connectivity index is 2.24.